The van der Waals surface area contributed by atoms with E-state index in [2.05, 4.69) is 10.3 Å². The third-order valence-electron chi connectivity index (χ3n) is 3.19. The standard InChI is InChI=1S/C13H13F2N3O/c14-9-5-11-12(6-10(9)15)18(7-16-11)4-3-13(19)17-8-1-2-8/h5-8H,1-4H2,(H,17,19). The molecule has 1 aliphatic carbocycles. The van der Waals surface area contributed by atoms with Crippen molar-refractivity contribution in [2.75, 3.05) is 0 Å². The number of carbonyl (C=O) groups is 1. The van der Waals surface area contributed by atoms with Gasteiger partial charge in [0, 0.05) is 31.1 Å². The molecule has 100 valence electrons. The minimum absolute atomic E-state index is 0.0214. The molecule has 0 saturated heterocycles. The van der Waals surface area contributed by atoms with Crippen molar-refractivity contribution in [3.63, 3.8) is 0 Å². The first-order valence-corrected chi connectivity index (χ1v) is 6.23. The molecule has 3 rings (SSSR count). The van der Waals surface area contributed by atoms with Gasteiger partial charge in [-0.15, -0.1) is 0 Å². The van der Waals surface area contributed by atoms with Crippen molar-refractivity contribution >= 4 is 16.9 Å². The lowest BCUT2D eigenvalue weighted by Gasteiger charge is -2.05. The van der Waals surface area contributed by atoms with Gasteiger partial charge in [-0.25, -0.2) is 13.8 Å². The van der Waals surface area contributed by atoms with E-state index in [-0.39, 0.29) is 5.91 Å². The predicted molar refractivity (Wildman–Crippen MR) is 65.4 cm³/mol. The first kappa shape index (κ1) is 12.1. The van der Waals surface area contributed by atoms with Crippen LogP contribution >= 0.6 is 0 Å². The molecule has 0 bridgehead atoms. The summed E-state index contributed by atoms with van der Waals surface area (Å²) in [6.45, 7) is 0.403. The largest absolute Gasteiger partial charge is 0.353 e. The average molecular weight is 265 g/mol. The molecule has 19 heavy (non-hydrogen) atoms. The van der Waals surface area contributed by atoms with Crippen LogP contribution in [-0.4, -0.2) is 21.5 Å². The van der Waals surface area contributed by atoms with Gasteiger partial charge in [0.1, 0.15) is 0 Å². The fraction of sp³-hybridized carbons (Fsp3) is 0.385. The van der Waals surface area contributed by atoms with Crippen LogP contribution in [0, 0.1) is 11.6 Å². The quantitative estimate of drug-likeness (QED) is 0.919. The minimum Gasteiger partial charge on any atom is -0.353 e. The second-order valence-corrected chi connectivity index (χ2v) is 4.78. The number of aryl methyl sites for hydroxylation is 1. The first-order valence-electron chi connectivity index (χ1n) is 6.23. The highest BCUT2D eigenvalue weighted by molar-refractivity contribution is 5.78. The molecule has 1 amide bonds. The van der Waals surface area contributed by atoms with Crippen molar-refractivity contribution in [3.8, 4) is 0 Å². The zero-order valence-electron chi connectivity index (χ0n) is 10.2. The van der Waals surface area contributed by atoms with Crippen molar-refractivity contribution in [2.24, 2.45) is 0 Å². The molecule has 0 spiro atoms. The number of carbonyl (C=O) groups excluding carboxylic acids is 1. The van der Waals surface area contributed by atoms with Crippen molar-refractivity contribution in [2.45, 2.75) is 31.8 Å². The SMILES string of the molecule is O=C(CCn1cnc2cc(F)c(F)cc21)NC1CC1. The molecule has 1 saturated carbocycles. The van der Waals surface area contributed by atoms with Crippen molar-refractivity contribution < 1.29 is 13.6 Å². The molecule has 6 heteroatoms. The number of hydrogen-bond donors (Lipinski definition) is 1. The molecule has 1 heterocycles. The molecule has 0 unspecified atom stereocenters. The third kappa shape index (κ3) is 2.57. The first-order chi connectivity index (χ1) is 9.13. The number of nitrogens with one attached hydrogen (secondary N) is 1. The van der Waals surface area contributed by atoms with E-state index in [0.29, 0.717) is 30.0 Å². The Hall–Kier alpha value is -1.98. The highest BCUT2D eigenvalue weighted by Crippen LogP contribution is 2.19. The van der Waals surface area contributed by atoms with Crippen LogP contribution in [0.25, 0.3) is 11.0 Å². The van der Waals surface area contributed by atoms with E-state index in [9.17, 15) is 13.6 Å². The Bertz CT molecular complexity index is 634. The summed E-state index contributed by atoms with van der Waals surface area (Å²) < 4.78 is 27.9. The van der Waals surface area contributed by atoms with E-state index in [4.69, 9.17) is 0 Å². The van der Waals surface area contributed by atoms with Crippen LogP contribution < -0.4 is 5.32 Å². The maximum Gasteiger partial charge on any atom is 0.222 e. The lowest BCUT2D eigenvalue weighted by Crippen LogP contribution is -2.26. The van der Waals surface area contributed by atoms with Crippen LogP contribution in [-0.2, 0) is 11.3 Å². The molecule has 1 aliphatic rings. The molecular weight excluding hydrogens is 252 g/mol. The van der Waals surface area contributed by atoms with E-state index in [1.54, 1.807) is 4.57 Å². The van der Waals surface area contributed by atoms with E-state index < -0.39 is 11.6 Å². The molecule has 1 aromatic carbocycles. The lowest BCUT2D eigenvalue weighted by atomic mass is 10.3. The maximum atomic E-state index is 13.2. The lowest BCUT2D eigenvalue weighted by molar-refractivity contribution is -0.121. The fourth-order valence-corrected chi connectivity index (χ4v) is 1.98. The van der Waals surface area contributed by atoms with Gasteiger partial charge in [-0.2, -0.15) is 0 Å². The molecule has 2 aromatic rings. The summed E-state index contributed by atoms with van der Waals surface area (Å²) in [5.74, 6) is -1.84. The molecular formula is C13H13F2N3O. The van der Waals surface area contributed by atoms with Crippen LogP contribution in [0.1, 0.15) is 19.3 Å². The predicted octanol–water partition coefficient (Wildman–Crippen LogP) is 1.98. The van der Waals surface area contributed by atoms with Crippen molar-refractivity contribution in [1.82, 2.24) is 14.9 Å². The number of nitrogens with zero attached hydrogens (tertiary/aromatic N) is 2. The monoisotopic (exact) mass is 265 g/mol. The Morgan fingerprint density at radius 3 is 2.84 bits per heavy atom. The zero-order valence-corrected chi connectivity index (χ0v) is 10.2. The Morgan fingerprint density at radius 1 is 1.37 bits per heavy atom. The van der Waals surface area contributed by atoms with Gasteiger partial charge in [0.2, 0.25) is 5.91 Å². The Balaban J connectivity index is 1.73. The average Bonchev–Trinajstić information content (AvgIpc) is 3.10. The number of imidazole rings is 1. The smallest absolute Gasteiger partial charge is 0.222 e. The van der Waals surface area contributed by atoms with Gasteiger partial charge >= 0.3 is 0 Å². The molecule has 1 N–H and O–H groups in total. The van der Waals surface area contributed by atoms with Gasteiger partial charge in [0.25, 0.3) is 0 Å². The second-order valence-electron chi connectivity index (χ2n) is 4.78. The van der Waals surface area contributed by atoms with Crippen LogP contribution in [0.5, 0.6) is 0 Å². The number of fused-ring (bicyclic) bond motifs is 1. The summed E-state index contributed by atoms with van der Waals surface area (Å²) >= 11 is 0. The summed E-state index contributed by atoms with van der Waals surface area (Å²) in [5, 5.41) is 2.88. The number of aromatic nitrogens is 2. The number of hydrogen-bond acceptors (Lipinski definition) is 2. The summed E-state index contributed by atoms with van der Waals surface area (Å²) in [6, 6.07) is 2.50. The molecule has 1 aromatic heterocycles. The molecule has 4 nitrogen and oxygen atoms in total. The van der Waals surface area contributed by atoms with Gasteiger partial charge in [0.15, 0.2) is 11.6 Å². The van der Waals surface area contributed by atoms with Crippen molar-refractivity contribution in [3.05, 3.63) is 30.1 Å². The summed E-state index contributed by atoms with van der Waals surface area (Å²) in [6.07, 6.45) is 3.89. The summed E-state index contributed by atoms with van der Waals surface area (Å²) in [7, 11) is 0. The third-order valence-corrected chi connectivity index (χ3v) is 3.19. The maximum absolute atomic E-state index is 13.2. The van der Waals surface area contributed by atoms with E-state index in [1.165, 1.54) is 6.33 Å². The molecule has 0 radical (unpaired) electrons. The van der Waals surface area contributed by atoms with Gasteiger partial charge in [0.05, 0.1) is 17.4 Å². The van der Waals surface area contributed by atoms with Crippen LogP contribution in [0.3, 0.4) is 0 Å². The van der Waals surface area contributed by atoms with Crippen molar-refractivity contribution in [1.29, 1.82) is 0 Å². The summed E-state index contributed by atoms with van der Waals surface area (Å²) in [4.78, 5) is 15.6. The topological polar surface area (TPSA) is 46.9 Å². The number of benzene rings is 1. The van der Waals surface area contributed by atoms with Gasteiger partial charge in [-0.3, -0.25) is 4.79 Å². The Morgan fingerprint density at radius 2 is 2.11 bits per heavy atom. The normalized spacial score (nSPS) is 14.8. The Labute approximate surface area is 108 Å². The van der Waals surface area contributed by atoms with Crippen LogP contribution in [0.15, 0.2) is 18.5 Å². The fourth-order valence-electron chi connectivity index (χ4n) is 1.98. The Kier molecular flexibility index (Phi) is 2.93. The minimum atomic E-state index is -0.913. The van der Waals surface area contributed by atoms with Crippen LogP contribution in [0.4, 0.5) is 8.78 Å². The highest BCUT2D eigenvalue weighted by atomic mass is 19.2. The highest BCUT2D eigenvalue weighted by Gasteiger charge is 2.22. The van der Waals surface area contributed by atoms with E-state index >= 15 is 0 Å². The van der Waals surface area contributed by atoms with Gasteiger partial charge in [-0.1, -0.05) is 0 Å². The number of halogens is 2. The zero-order chi connectivity index (χ0) is 13.4. The van der Waals surface area contributed by atoms with Gasteiger partial charge < -0.3 is 9.88 Å². The van der Waals surface area contributed by atoms with Gasteiger partial charge in [-0.05, 0) is 12.8 Å². The second kappa shape index (κ2) is 4.60. The van der Waals surface area contributed by atoms with Crippen LogP contribution in [0.2, 0.25) is 0 Å². The molecule has 0 aliphatic heterocycles. The van der Waals surface area contributed by atoms with E-state index in [0.717, 1.165) is 25.0 Å². The number of rotatable bonds is 4. The summed E-state index contributed by atoms with van der Waals surface area (Å²) in [5.41, 5.74) is 0.889. The van der Waals surface area contributed by atoms with E-state index in [1.807, 2.05) is 0 Å². The number of amides is 1. The molecule has 0 atom stereocenters. The molecule has 1 fully saturated rings.